The van der Waals surface area contributed by atoms with Gasteiger partial charge in [-0.1, -0.05) is 101 Å². The third-order valence-corrected chi connectivity index (χ3v) is 15.5. The average Bonchev–Trinajstić information content (AvgIpc) is 0.825. The van der Waals surface area contributed by atoms with Crippen LogP contribution in [0.1, 0.15) is 49.3 Å². The molecule has 0 aromatic heterocycles. The fraction of sp³-hybridized carbons (Fsp3) is 0.202. The summed E-state index contributed by atoms with van der Waals surface area (Å²) in [7, 11) is 3.78. The quantitative estimate of drug-likeness (QED) is 0.0199. The van der Waals surface area contributed by atoms with E-state index in [0.717, 1.165) is 40.1 Å². The zero-order valence-electron chi connectivity index (χ0n) is 62.1. The number of hydrogen-bond acceptors (Lipinski definition) is 19. The molecule has 0 spiro atoms. The van der Waals surface area contributed by atoms with Crippen LogP contribution >= 0.6 is 0 Å². The van der Waals surface area contributed by atoms with E-state index in [1.54, 1.807) is 140 Å². The number of azo groups is 1. The first-order chi connectivity index (χ1) is 53.9. The van der Waals surface area contributed by atoms with E-state index < -0.39 is 17.5 Å². The topological polar surface area (TPSA) is 183 Å². The van der Waals surface area contributed by atoms with Crippen LogP contribution in [0.25, 0.3) is 0 Å². The SMILES string of the molecule is C=CCOc1cc(COc2cc(COc3cc(COc4cc(C(=O)C(F)(F)F)ccc4N=Nc4ccc(N(C)C)cc4)cc(OCc4cc(OCc5cc(OCC=C)cc(OCC=C)c5)cc(OCc5cc(OCC=C)cc(OCC=C)c5)c4)c3)cc(OCc3cc(OCC=C)cc(OCC=C)c3)c2)cc(OCC=C)c1. The third kappa shape index (κ3) is 26.9. The number of anilines is 1. The maximum atomic E-state index is 14.1. The van der Waals surface area contributed by atoms with Crippen molar-refractivity contribution in [2.45, 2.75) is 52.4 Å². The van der Waals surface area contributed by atoms with Crippen LogP contribution in [-0.2, 0) is 46.2 Å². The molecule has 0 radical (unpaired) electrons. The van der Waals surface area contributed by atoms with Crippen LogP contribution < -0.4 is 76.0 Å². The molecule has 0 unspecified atom stereocenters. The second-order valence-corrected chi connectivity index (χ2v) is 24.6. The lowest BCUT2D eigenvalue weighted by molar-refractivity contribution is -0.0885. The second-order valence-electron chi connectivity index (χ2n) is 24.6. The van der Waals surface area contributed by atoms with Gasteiger partial charge >= 0.3 is 6.18 Å². The Bertz CT molecular complexity index is 4180. The van der Waals surface area contributed by atoms with E-state index in [9.17, 15) is 18.0 Å². The van der Waals surface area contributed by atoms with Gasteiger partial charge in [0, 0.05) is 67.8 Å². The molecule has 0 heterocycles. The summed E-state index contributed by atoms with van der Waals surface area (Å²) >= 11 is 0. The van der Waals surface area contributed by atoms with Crippen LogP contribution in [0.3, 0.4) is 0 Å². The van der Waals surface area contributed by atoms with Gasteiger partial charge in [-0.2, -0.15) is 18.3 Å². The number of ether oxygens (including phenoxy) is 15. The van der Waals surface area contributed by atoms with Gasteiger partial charge in [0.25, 0.3) is 5.78 Å². The molecule has 0 fully saturated rings. The largest absolute Gasteiger partial charge is 0.489 e. The lowest BCUT2D eigenvalue weighted by Gasteiger charge is -2.17. The Hall–Kier alpha value is -13.2. The summed E-state index contributed by atoms with van der Waals surface area (Å²) in [6.07, 6.45) is 7.92. The van der Waals surface area contributed by atoms with Gasteiger partial charge in [0.15, 0.2) is 0 Å². The van der Waals surface area contributed by atoms with Crippen molar-refractivity contribution in [2.24, 2.45) is 10.2 Å². The Kier molecular flexibility index (Phi) is 31.2. The summed E-state index contributed by atoms with van der Waals surface area (Å²) in [6, 6.07) is 47.9. The Labute approximate surface area is 645 Å². The van der Waals surface area contributed by atoms with E-state index in [-0.39, 0.29) is 122 Å². The number of rotatable bonds is 49. The maximum absolute atomic E-state index is 14.1. The van der Waals surface area contributed by atoms with Crippen LogP contribution in [-0.4, -0.2) is 78.9 Å². The van der Waals surface area contributed by atoms with Crippen molar-refractivity contribution in [3.05, 3.63) is 316 Å². The standard InChI is InChI=1S/C89H88F3N3O16/c1-11-25-97-72-33-62(34-73(48-72)98-26-12-2)55-105-80-41-66(42-81(52-80)106-56-63-35-74(99-27-13-3)49-75(36-63)100-28-14-4)59-109-84-45-68(61-111-87-47-69(88(96)89(90,91)92)19-24-86(87)94-93-70-20-22-71(23-21-70)95(9)10)46-85(54-84)110-60-67-43-82(107-57-64-37-76(101-29-15-5)50-77(38-64)102-30-16-6)53-83(44-67)108-58-65-39-78(103-31-17-7)51-79(40-65)104-32-18-8/h11-24,33-54H,1-8,25-32,55-61H2,9-10H3. The molecule has 9 aromatic carbocycles. The summed E-state index contributed by atoms with van der Waals surface area (Å²) < 4.78 is 136. The molecular formula is C89H88F3N3O16. The minimum Gasteiger partial charge on any atom is -0.489 e. The first-order valence-electron chi connectivity index (χ1n) is 35.1. The maximum Gasteiger partial charge on any atom is 0.454 e. The highest BCUT2D eigenvalue weighted by Crippen LogP contribution is 2.38. The lowest BCUT2D eigenvalue weighted by atomic mass is 10.1. The summed E-state index contributed by atoms with van der Waals surface area (Å²) in [6.45, 7) is 32.1. The fourth-order valence-electron chi connectivity index (χ4n) is 10.5. The molecule has 111 heavy (non-hydrogen) atoms. The minimum absolute atomic E-state index is 0.0327. The van der Waals surface area contributed by atoms with Crippen LogP contribution in [0.15, 0.2) is 281 Å². The van der Waals surface area contributed by atoms with Gasteiger partial charge in [-0.3, -0.25) is 4.79 Å². The summed E-state index contributed by atoms with van der Waals surface area (Å²) in [5.74, 6) is 4.19. The molecule has 0 bridgehead atoms. The van der Waals surface area contributed by atoms with Crippen molar-refractivity contribution in [1.82, 2.24) is 0 Å². The number of alkyl halides is 3. The fourth-order valence-corrected chi connectivity index (χ4v) is 10.5. The van der Waals surface area contributed by atoms with E-state index in [4.69, 9.17) is 71.1 Å². The van der Waals surface area contributed by atoms with Gasteiger partial charge in [-0.15, -0.1) is 5.11 Å². The molecule has 0 amide bonds. The number of nitrogens with zero attached hydrogens (tertiary/aromatic N) is 3. The second kappa shape index (κ2) is 42.3. The number of ketones is 1. The van der Waals surface area contributed by atoms with Gasteiger partial charge in [0.1, 0.15) is 191 Å². The van der Waals surface area contributed by atoms with E-state index in [1.165, 1.54) is 6.07 Å². The number of carbonyl (C=O) groups excluding carboxylic acids is 1. The number of halogens is 3. The summed E-state index contributed by atoms with van der Waals surface area (Å²) in [4.78, 5) is 14.7. The Balaban J connectivity index is 1.09. The van der Waals surface area contributed by atoms with Crippen LogP contribution in [0.5, 0.6) is 86.2 Å². The molecule has 0 saturated carbocycles. The average molecular weight is 1510 g/mol. The molecule has 576 valence electrons. The Morgan fingerprint density at radius 3 is 0.748 bits per heavy atom. The normalized spacial score (nSPS) is 10.9. The van der Waals surface area contributed by atoms with Crippen molar-refractivity contribution >= 4 is 22.8 Å². The monoisotopic (exact) mass is 1510 g/mol. The van der Waals surface area contributed by atoms with E-state index >= 15 is 0 Å². The zero-order chi connectivity index (χ0) is 78.7. The molecular weight excluding hydrogens is 1420 g/mol. The van der Waals surface area contributed by atoms with Gasteiger partial charge in [-0.25, -0.2) is 0 Å². The molecule has 0 N–H and O–H groups in total. The lowest BCUT2D eigenvalue weighted by Crippen LogP contribution is -2.22. The van der Waals surface area contributed by atoms with Gasteiger partial charge in [0.05, 0.1) is 5.69 Å². The van der Waals surface area contributed by atoms with Crippen molar-refractivity contribution in [1.29, 1.82) is 0 Å². The van der Waals surface area contributed by atoms with Gasteiger partial charge in [-0.05, 0) is 166 Å². The minimum atomic E-state index is -5.20. The van der Waals surface area contributed by atoms with E-state index in [0.29, 0.717) is 91.4 Å². The van der Waals surface area contributed by atoms with Crippen molar-refractivity contribution in [3.8, 4) is 86.2 Å². The molecule has 0 aliphatic heterocycles. The van der Waals surface area contributed by atoms with Gasteiger partial charge < -0.3 is 76.0 Å². The molecule has 0 aliphatic carbocycles. The molecule has 0 aliphatic rings. The smallest absolute Gasteiger partial charge is 0.454 e. The first-order valence-corrected chi connectivity index (χ1v) is 35.1. The van der Waals surface area contributed by atoms with E-state index in [2.05, 4.69) is 62.9 Å². The van der Waals surface area contributed by atoms with Crippen molar-refractivity contribution in [2.75, 3.05) is 71.9 Å². The molecule has 22 heteroatoms. The van der Waals surface area contributed by atoms with Crippen molar-refractivity contribution in [3.63, 3.8) is 0 Å². The molecule has 19 nitrogen and oxygen atoms in total. The van der Waals surface area contributed by atoms with Gasteiger partial charge in [0.2, 0.25) is 0 Å². The molecule has 0 saturated heterocycles. The zero-order valence-corrected chi connectivity index (χ0v) is 62.1. The highest BCUT2D eigenvalue weighted by molar-refractivity contribution is 6.01. The molecule has 9 aromatic rings. The van der Waals surface area contributed by atoms with Crippen LogP contribution in [0.2, 0.25) is 0 Å². The first kappa shape index (κ1) is 81.8. The molecule has 9 rings (SSSR count). The highest BCUT2D eigenvalue weighted by atomic mass is 19.4. The Morgan fingerprint density at radius 1 is 0.306 bits per heavy atom. The number of Topliss-reactive ketones (excluding diaryl/α,β-unsaturated/α-hetero) is 1. The predicted molar refractivity (Wildman–Crippen MR) is 423 cm³/mol. The van der Waals surface area contributed by atoms with E-state index in [1.807, 2.05) is 79.7 Å². The summed E-state index contributed by atoms with van der Waals surface area (Å²) in [5, 5.41) is 8.75. The number of benzene rings is 9. The van der Waals surface area contributed by atoms with Crippen LogP contribution in [0.4, 0.5) is 30.2 Å². The number of carbonyl (C=O) groups is 1. The van der Waals surface area contributed by atoms with Crippen LogP contribution in [0, 0.1) is 0 Å². The summed E-state index contributed by atoms with van der Waals surface area (Å²) in [5.41, 5.74) is 5.20. The third-order valence-electron chi connectivity index (χ3n) is 15.5. The van der Waals surface area contributed by atoms with Crippen molar-refractivity contribution < 1.29 is 89.0 Å². The number of hydrogen-bond donors (Lipinski definition) is 0. The molecule has 0 atom stereocenters. The highest BCUT2D eigenvalue weighted by Gasteiger charge is 2.39. The predicted octanol–water partition coefficient (Wildman–Crippen LogP) is 20.5. The Morgan fingerprint density at radius 2 is 0.532 bits per heavy atom.